The number of esters is 1. The Bertz CT molecular complexity index is 1030. The molecule has 2 aromatic rings. The van der Waals surface area contributed by atoms with Crippen LogP contribution in [0.2, 0.25) is 0 Å². The van der Waals surface area contributed by atoms with Gasteiger partial charge in [-0.25, -0.2) is 4.79 Å². The summed E-state index contributed by atoms with van der Waals surface area (Å²) in [5, 5.41) is 0. The first kappa shape index (κ1) is 21.9. The van der Waals surface area contributed by atoms with Gasteiger partial charge in [-0.1, -0.05) is 36.9 Å². The van der Waals surface area contributed by atoms with Crippen LogP contribution in [0, 0.1) is 0 Å². The van der Waals surface area contributed by atoms with E-state index in [9.17, 15) is 9.59 Å². The van der Waals surface area contributed by atoms with Crippen molar-refractivity contribution in [1.82, 2.24) is 4.90 Å². The van der Waals surface area contributed by atoms with E-state index in [1.165, 1.54) is 7.11 Å². The van der Waals surface area contributed by atoms with Crippen molar-refractivity contribution in [2.75, 3.05) is 20.8 Å². The van der Waals surface area contributed by atoms with E-state index in [1.54, 1.807) is 43.2 Å². The lowest BCUT2D eigenvalue weighted by molar-refractivity contribution is -0.136. The first-order valence-electron chi connectivity index (χ1n) is 9.78. The second-order valence-electron chi connectivity index (χ2n) is 6.92. The molecule has 0 aliphatic carbocycles. The summed E-state index contributed by atoms with van der Waals surface area (Å²) in [7, 11) is 2.91. The Labute approximate surface area is 182 Å². The third-order valence-corrected chi connectivity index (χ3v) is 4.96. The summed E-state index contributed by atoms with van der Waals surface area (Å²) in [5.74, 6) is 0.641. The molecular formula is C25H25NO5. The Morgan fingerprint density at radius 2 is 1.68 bits per heavy atom. The second kappa shape index (κ2) is 9.80. The Balaban J connectivity index is 1.91. The monoisotopic (exact) mass is 419 g/mol. The molecule has 3 rings (SSSR count). The van der Waals surface area contributed by atoms with Crippen molar-refractivity contribution in [3.05, 3.63) is 89.2 Å². The van der Waals surface area contributed by atoms with E-state index in [0.717, 1.165) is 16.9 Å². The van der Waals surface area contributed by atoms with Crippen LogP contribution < -0.4 is 9.47 Å². The molecule has 1 amide bonds. The molecule has 0 bridgehead atoms. The van der Waals surface area contributed by atoms with Crippen molar-refractivity contribution in [2.24, 2.45) is 0 Å². The molecule has 1 aliphatic rings. The van der Waals surface area contributed by atoms with Crippen LogP contribution in [0.15, 0.2) is 78.0 Å². The van der Waals surface area contributed by atoms with Crippen LogP contribution in [0.25, 0.3) is 6.08 Å². The standard InChI is InChI=1S/C25H25NO5/c1-5-14-31-21-12-6-18(7-13-21)15-22-23(25(28)30-4)17(2)26(24(22)27)16-19-8-10-20(29-3)11-9-19/h5-13,15H,1,14,16H2,2-4H3/b22-15-. The van der Waals surface area contributed by atoms with Gasteiger partial charge in [0, 0.05) is 5.70 Å². The zero-order chi connectivity index (χ0) is 22.4. The van der Waals surface area contributed by atoms with Gasteiger partial charge in [-0.2, -0.15) is 0 Å². The molecule has 6 heteroatoms. The van der Waals surface area contributed by atoms with Gasteiger partial charge in [-0.15, -0.1) is 0 Å². The maximum atomic E-state index is 13.2. The lowest BCUT2D eigenvalue weighted by Gasteiger charge is -2.18. The second-order valence-corrected chi connectivity index (χ2v) is 6.92. The Morgan fingerprint density at radius 3 is 2.26 bits per heavy atom. The van der Waals surface area contributed by atoms with Gasteiger partial charge in [0.25, 0.3) is 5.91 Å². The zero-order valence-electron chi connectivity index (χ0n) is 17.9. The summed E-state index contributed by atoms with van der Waals surface area (Å²) in [6.45, 7) is 6.12. The van der Waals surface area contributed by atoms with Crippen molar-refractivity contribution in [2.45, 2.75) is 13.5 Å². The third-order valence-electron chi connectivity index (χ3n) is 4.96. The first-order chi connectivity index (χ1) is 15.0. The summed E-state index contributed by atoms with van der Waals surface area (Å²) in [6, 6.07) is 14.7. The minimum absolute atomic E-state index is 0.249. The predicted octanol–water partition coefficient (Wildman–Crippen LogP) is 4.13. The van der Waals surface area contributed by atoms with E-state index < -0.39 is 5.97 Å². The number of carbonyl (C=O) groups excluding carboxylic acids is 2. The van der Waals surface area contributed by atoms with Crippen molar-refractivity contribution in [1.29, 1.82) is 0 Å². The fourth-order valence-electron chi connectivity index (χ4n) is 3.31. The first-order valence-corrected chi connectivity index (χ1v) is 9.78. The Kier molecular flexibility index (Phi) is 6.92. The molecule has 6 nitrogen and oxygen atoms in total. The molecule has 0 atom stereocenters. The number of allylic oxidation sites excluding steroid dienone is 1. The molecular weight excluding hydrogens is 394 g/mol. The topological polar surface area (TPSA) is 65.1 Å². The van der Waals surface area contributed by atoms with E-state index in [2.05, 4.69) is 6.58 Å². The third kappa shape index (κ3) is 4.86. The quantitative estimate of drug-likeness (QED) is 0.366. The Hall–Kier alpha value is -3.80. The SMILES string of the molecule is C=CCOc1ccc(/C=C2\C(=O)N(Cc3ccc(OC)cc3)C(C)=C2C(=O)OC)cc1. The highest BCUT2D eigenvalue weighted by atomic mass is 16.5. The lowest BCUT2D eigenvalue weighted by Crippen LogP contribution is -2.24. The highest BCUT2D eigenvalue weighted by Gasteiger charge is 2.36. The number of ether oxygens (including phenoxy) is 3. The van der Waals surface area contributed by atoms with Gasteiger partial charge < -0.3 is 19.1 Å². The summed E-state index contributed by atoms with van der Waals surface area (Å²) >= 11 is 0. The highest BCUT2D eigenvalue weighted by Crippen LogP contribution is 2.33. The van der Waals surface area contributed by atoms with E-state index in [-0.39, 0.29) is 11.5 Å². The smallest absolute Gasteiger partial charge is 0.340 e. The molecule has 0 saturated heterocycles. The van der Waals surface area contributed by atoms with Crippen LogP contribution in [0.1, 0.15) is 18.1 Å². The van der Waals surface area contributed by atoms with Crippen LogP contribution >= 0.6 is 0 Å². The Morgan fingerprint density at radius 1 is 1.03 bits per heavy atom. The van der Waals surface area contributed by atoms with Crippen LogP contribution in [0.3, 0.4) is 0 Å². The largest absolute Gasteiger partial charge is 0.497 e. The van der Waals surface area contributed by atoms with Crippen molar-refractivity contribution >= 4 is 18.0 Å². The summed E-state index contributed by atoms with van der Waals surface area (Å²) in [5.41, 5.74) is 2.83. The molecule has 160 valence electrons. The number of hydrogen-bond donors (Lipinski definition) is 0. The molecule has 0 aromatic heterocycles. The average Bonchev–Trinajstić information content (AvgIpc) is 3.02. The molecule has 2 aromatic carbocycles. The fourth-order valence-corrected chi connectivity index (χ4v) is 3.31. The van der Waals surface area contributed by atoms with E-state index >= 15 is 0 Å². The normalized spacial score (nSPS) is 14.7. The molecule has 31 heavy (non-hydrogen) atoms. The van der Waals surface area contributed by atoms with Crippen molar-refractivity contribution < 1.29 is 23.8 Å². The summed E-state index contributed by atoms with van der Waals surface area (Å²) < 4.78 is 15.6. The molecule has 1 heterocycles. The maximum absolute atomic E-state index is 13.2. The number of rotatable bonds is 8. The van der Waals surface area contributed by atoms with Crippen LogP contribution in [0.4, 0.5) is 0 Å². The molecule has 0 radical (unpaired) electrons. The lowest BCUT2D eigenvalue weighted by atomic mass is 10.0. The van der Waals surface area contributed by atoms with Gasteiger partial charge in [0.05, 0.1) is 31.9 Å². The van der Waals surface area contributed by atoms with Crippen molar-refractivity contribution in [3.63, 3.8) is 0 Å². The average molecular weight is 419 g/mol. The van der Waals surface area contributed by atoms with Crippen LogP contribution in [-0.4, -0.2) is 37.6 Å². The molecule has 0 saturated carbocycles. The number of nitrogens with zero attached hydrogens (tertiary/aromatic N) is 1. The zero-order valence-corrected chi connectivity index (χ0v) is 17.9. The van der Waals surface area contributed by atoms with E-state index in [1.807, 2.05) is 36.4 Å². The molecule has 0 fully saturated rings. The molecule has 0 spiro atoms. The maximum Gasteiger partial charge on any atom is 0.340 e. The predicted molar refractivity (Wildman–Crippen MR) is 118 cm³/mol. The number of benzene rings is 2. The van der Waals surface area contributed by atoms with E-state index in [4.69, 9.17) is 14.2 Å². The summed E-state index contributed by atoms with van der Waals surface area (Å²) in [6.07, 6.45) is 3.37. The molecule has 1 aliphatic heterocycles. The number of carbonyl (C=O) groups is 2. The number of hydrogen-bond acceptors (Lipinski definition) is 5. The van der Waals surface area contributed by atoms with Crippen LogP contribution in [-0.2, 0) is 20.9 Å². The van der Waals surface area contributed by atoms with Crippen molar-refractivity contribution in [3.8, 4) is 11.5 Å². The number of methoxy groups -OCH3 is 2. The summed E-state index contributed by atoms with van der Waals surface area (Å²) in [4.78, 5) is 27.3. The van der Waals surface area contributed by atoms with Gasteiger partial charge in [-0.3, -0.25) is 4.79 Å². The molecule has 0 unspecified atom stereocenters. The fraction of sp³-hybridized carbons (Fsp3) is 0.200. The van der Waals surface area contributed by atoms with E-state index in [0.29, 0.717) is 30.2 Å². The number of amides is 1. The highest BCUT2D eigenvalue weighted by molar-refractivity contribution is 6.16. The minimum Gasteiger partial charge on any atom is -0.497 e. The minimum atomic E-state index is -0.541. The van der Waals surface area contributed by atoms with Gasteiger partial charge >= 0.3 is 5.97 Å². The van der Waals surface area contributed by atoms with Gasteiger partial charge in [0.1, 0.15) is 18.1 Å². The molecule has 0 N–H and O–H groups in total. The van der Waals surface area contributed by atoms with Gasteiger partial charge in [0.15, 0.2) is 0 Å². The van der Waals surface area contributed by atoms with Crippen LogP contribution in [0.5, 0.6) is 11.5 Å². The van der Waals surface area contributed by atoms with Gasteiger partial charge in [0.2, 0.25) is 0 Å². The van der Waals surface area contributed by atoms with Gasteiger partial charge in [-0.05, 0) is 48.4 Å².